The van der Waals surface area contributed by atoms with E-state index in [2.05, 4.69) is 21.2 Å². The molecule has 0 aromatic heterocycles. The molecule has 8 nitrogen and oxygen atoms in total. The first-order valence-electron chi connectivity index (χ1n) is 10.7. The van der Waals surface area contributed by atoms with Crippen LogP contribution in [0.3, 0.4) is 0 Å². The summed E-state index contributed by atoms with van der Waals surface area (Å²) >= 11 is 3.37. The van der Waals surface area contributed by atoms with Crippen LogP contribution in [0.1, 0.15) is 43.6 Å². The molecule has 0 aliphatic heterocycles. The van der Waals surface area contributed by atoms with Gasteiger partial charge in [-0.05, 0) is 57.5 Å². The Bertz CT molecular complexity index is 1150. The van der Waals surface area contributed by atoms with Gasteiger partial charge in [0.15, 0.2) is 5.78 Å². The van der Waals surface area contributed by atoms with E-state index in [4.69, 9.17) is 0 Å². The van der Waals surface area contributed by atoms with E-state index in [-0.39, 0.29) is 30.0 Å². The van der Waals surface area contributed by atoms with Crippen LogP contribution in [0.25, 0.3) is 0 Å². The van der Waals surface area contributed by atoms with Crippen LogP contribution in [0.5, 0.6) is 0 Å². The van der Waals surface area contributed by atoms with Crippen molar-refractivity contribution in [1.82, 2.24) is 10.2 Å². The number of benzene rings is 2. The SMILES string of the molecule is CC(=O)c1cccc(N(CC(=O)N(Cc2ccc(Br)cc2)C(C)C(=O)NC(C)C)S(C)(=O)=O)c1. The average molecular weight is 552 g/mol. The Hall–Kier alpha value is -2.72. The predicted octanol–water partition coefficient (Wildman–Crippen LogP) is 3.36. The molecule has 2 rings (SSSR count). The highest BCUT2D eigenvalue weighted by Gasteiger charge is 2.30. The minimum absolute atomic E-state index is 0.115. The summed E-state index contributed by atoms with van der Waals surface area (Å²) in [7, 11) is -3.86. The lowest BCUT2D eigenvalue weighted by atomic mass is 10.1. The van der Waals surface area contributed by atoms with Gasteiger partial charge in [0.25, 0.3) is 0 Å². The summed E-state index contributed by atoms with van der Waals surface area (Å²) in [5, 5.41) is 2.80. The highest BCUT2D eigenvalue weighted by atomic mass is 79.9. The molecule has 0 aliphatic carbocycles. The number of Topliss-reactive ketones (excluding diaryl/α,β-unsaturated/α-hetero) is 1. The van der Waals surface area contributed by atoms with Gasteiger partial charge in [0.1, 0.15) is 12.6 Å². The number of nitrogens with one attached hydrogen (secondary N) is 1. The van der Waals surface area contributed by atoms with Crippen molar-refractivity contribution >= 4 is 49.2 Å². The molecule has 0 heterocycles. The van der Waals surface area contributed by atoms with Crippen molar-refractivity contribution in [1.29, 1.82) is 0 Å². The normalized spacial score (nSPS) is 12.2. The number of sulfonamides is 1. The monoisotopic (exact) mass is 551 g/mol. The number of halogens is 1. The van der Waals surface area contributed by atoms with Gasteiger partial charge in [-0.25, -0.2) is 8.42 Å². The fourth-order valence-electron chi connectivity index (χ4n) is 3.27. The zero-order chi connectivity index (χ0) is 25.6. The summed E-state index contributed by atoms with van der Waals surface area (Å²) in [6.45, 7) is 6.22. The van der Waals surface area contributed by atoms with Crippen LogP contribution in [0, 0.1) is 0 Å². The number of nitrogens with zero attached hydrogens (tertiary/aromatic N) is 2. The van der Waals surface area contributed by atoms with E-state index in [0.29, 0.717) is 5.56 Å². The lowest BCUT2D eigenvalue weighted by Crippen LogP contribution is -2.52. The molecule has 0 spiro atoms. The zero-order valence-corrected chi connectivity index (χ0v) is 22.3. The summed E-state index contributed by atoms with van der Waals surface area (Å²) in [5.41, 5.74) is 1.31. The molecule has 1 N–H and O–H groups in total. The fourth-order valence-corrected chi connectivity index (χ4v) is 4.37. The van der Waals surface area contributed by atoms with E-state index in [1.807, 2.05) is 38.1 Å². The van der Waals surface area contributed by atoms with E-state index in [0.717, 1.165) is 20.6 Å². The minimum atomic E-state index is -3.86. The molecule has 0 bridgehead atoms. The molecule has 0 saturated heterocycles. The van der Waals surface area contributed by atoms with Crippen molar-refractivity contribution in [2.24, 2.45) is 0 Å². The van der Waals surface area contributed by atoms with Crippen LogP contribution >= 0.6 is 15.9 Å². The zero-order valence-electron chi connectivity index (χ0n) is 19.9. The molecular formula is C24H30BrN3O5S. The maximum atomic E-state index is 13.5. The summed E-state index contributed by atoms with van der Waals surface area (Å²) in [5.74, 6) is -1.12. The smallest absolute Gasteiger partial charge is 0.244 e. The maximum absolute atomic E-state index is 13.5. The molecule has 1 atom stereocenters. The van der Waals surface area contributed by atoms with Gasteiger partial charge >= 0.3 is 0 Å². The molecule has 0 aliphatic rings. The van der Waals surface area contributed by atoms with Crippen molar-refractivity contribution in [2.75, 3.05) is 17.1 Å². The number of anilines is 1. The molecule has 0 saturated carbocycles. The first-order chi connectivity index (χ1) is 15.8. The van der Waals surface area contributed by atoms with Gasteiger partial charge in [0.05, 0.1) is 11.9 Å². The third-order valence-electron chi connectivity index (χ3n) is 5.08. The van der Waals surface area contributed by atoms with Gasteiger partial charge < -0.3 is 10.2 Å². The molecule has 184 valence electrons. The topological polar surface area (TPSA) is 104 Å². The Morgan fingerprint density at radius 1 is 1.03 bits per heavy atom. The van der Waals surface area contributed by atoms with Gasteiger partial charge in [-0.3, -0.25) is 18.7 Å². The standard InChI is InChI=1S/C24H30BrN3O5S/c1-16(2)26-24(31)17(3)27(14-19-9-11-21(25)12-10-19)23(30)15-28(34(5,32)33)22-8-6-7-20(13-22)18(4)29/h6-13,16-17H,14-15H2,1-5H3,(H,26,31). The summed E-state index contributed by atoms with van der Waals surface area (Å²) < 4.78 is 27.0. The molecule has 10 heteroatoms. The van der Waals surface area contributed by atoms with Crippen LogP contribution < -0.4 is 9.62 Å². The van der Waals surface area contributed by atoms with E-state index in [1.165, 1.54) is 24.0 Å². The highest BCUT2D eigenvalue weighted by Crippen LogP contribution is 2.21. The quantitative estimate of drug-likeness (QED) is 0.456. The number of hydrogen-bond acceptors (Lipinski definition) is 5. The van der Waals surface area contributed by atoms with Gasteiger partial charge in [-0.15, -0.1) is 0 Å². The van der Waals surface area contributed by atoms with Crippen molar-refractivity contribution < 1.29 is 22.8 Å². The summed E-state index contributed by atoms with van der Waals surface area (Å²) in [6, 6.07) is 12.4. The summed E-state index contributed by atoms with van der Waals surface area (Å²) in [4.78, 5) is 39.3. The second-order valence-electron chi connectivity index (χ2n) is 8.36. The van der Waals surface area contributed by atoms with E-state index in [1.54, 1.807) is 19.1 Å². The van der Waals surface area contributed by atoms with Crippen LogP contribution in [0.4, 0.5) is 5.69 Å². The lowest BCUT2D eigenvalue weighted by Gasteiger charge is -2.32. The maximum Gasteiger partial charge on any atom is 0.244 e. The van der Waals surface area contributed by atoms with Crippen LogP contribution in [0.2, 0.25) is 0 Å². The second-order valence-corrected chi connectivity index (χ2v) is 11.2. The molecule has 2 aromatic rings. The number of carbonyl (C=O) groups is 3. The van der Waals surface area contributed by atoms with Gasteiger partial charge in [0, 0.05) is 22.6 Å². The van der Waals surface area contributed by atoms with Crippen molar-refractivity contribution in [2.45, 2.75) is 46.3 Å². The summed E-state index contributed by atoms with van der Waals surface area (Å²) in [6.07, 6.45) is 0.995. The van der Waals surface area contributed by atoms with Gasteiger partial charge in [-0.1, -0.05) is 40.2 Å². The molecule has 1 unspecified atom stereocenters. The van der Waals surface area contributed by atoms with Crippen molar-refractivity contribution in [3.05, 3.63) is 64.1 Å². The fraction of sp³-hybridized carbons (Fsp3) is 0.375. The molecule has 2 amide bonds. The number of ketones is 1. The number of amides is 2. The Morgan fingerprint density at radius 2 is 1.65 bits per heavy atom. The van der Waals surface area contributed by atoms with Crippen molar-refractivity contribution in [3.63, 3.8) is 0 Å². The van der Waals surface area contributed by atoms with Crippen LogP contribution in [0.15, 0.2) is 53.0 Å². The second kappa shape index (κ2) is 11.6. The average Bonchev–Trinajstić information content (AvgIpc) is 2.75. The van der Waals surface area contributed by atoms with Gasteiger partial charge in [-0.2, -0.15) is 0 Å². The Labute approximate surface area is 209 Å². The van der Waals surface area contributed by atoms with E-state index < -0.39 is 28.5 Å². The molecule has 34 heavy (non-hydrogen) atoms. The van der Waals surface area contributed by atoms with E-state index in [9.17, 15) is 22.8 Å². The number of rotatable bonds is 10. The van der Waals surface area contributed by atoms with Gasteiger partial charge in [0.2, 0.25) is 21.8 Å². The van der Waals surface area contributed by atoms with Crippen LogP contribution in [-0.2, 0) is 26.2 Å². The lowest BCUT2D eigenvalue weighted by molar-refractivity contribution is -0.139. The Morgan fingerprint density at radius 3 is 2.18 bits per heavy atom. The third kappa shape index (κ3) is 7.66. The number of carbonyl (C=O) groups excluding carboxylic acids is 3. The first-order valence-corrected chi connectivity index (χ1v) is 13.4. The van der Waals surface area contributed by atoms with Crippen molar-refractivity contribution in [3.8, 4) is 0 Å². The van der Waals surface area contributed by atoms with Crippen LogP contribution in [-0.4, -0.2) is 55.8 Å². The minimum Gasteiger partial charge on any atom is -0.352 e. The molecule has 2 aromatic carbocycles. The first kappa shape index (κ1) is 27.5. The number of hydrogen-bond donors (Lipinski definition) is 1. The molecule has 0 fully saturated rings. The largest absolute Gasteiger partial charge is 0.352 e. The highest BCUT2D eigenvalue weighted by molar-refractivity contribution is 9.10. The van der Waals surface area contributed by atoms with E-state index >= 15 is 0 Å². The Kier molecular flexibility index (Phi) is 9.40. The molecular weight excluding hydrogens is 522 g/mol. The Balaban J connectivity index is 2.42. The third-order valence-corrected chi connectivity index (χ3v) is 6.75. The predicted molar refractivity (Wildman–Crippen MR) is 136 cm³/mol. The molecule has 0 radical (unpaired) electrons.